The zero-order chi connectivity index (χ0) is 19.7. The fraction of sp³-hybridized carbons (Fsp3) is 0.381. The molecule has 1 N–H and O–H groups in total. The van der Waals surface area contributed by atoms with E-state index in [0.717, 1.165) is 41.3 Å². The van der Waals surface area contributed by atoms with E-state index in [4.69, 9.17) is 0 Å². The predicted molar refractivity (Wildman–Crippen MR) is 111 cm³/mol. The Hall–Kier alpha value is -2.67. The van der Waals surface area contributed by atoms with Crippen LogP contribution >= 0.6 is 11.3 Å². The third-order valence-electron chi connectivity index (χ3n) is 5.10. The summed E-state index contributed by atoms with van der Waals surface area (Å²) < 4.78 is 2.90. The van der Waals surface area contributed by atoms with Crippen LogP contribution in [0.4, 0.5) is 0 Å². The number of fused-ring (bicyclic) bond motifs is 1. The van der Waals surface area contributed by atoms with E-state index in [2.05, 4.69) is 10.3 Å². The summed E-state index contributed by atoms with van der Waals surface area (Å²) in [4.78, 5) is 32.1. The topological polar surface area (TPSA) is 67.2 Å². The number of amides is 2. The number of rotatable bonds is 5. The number of hydrogen-bond donors (Lipinski definition) is 1. The second-order valence-electron chi connectivity index (χ2n) is 7.50. The molecule has 6 nitrogen and oxygen atoms in total. The highest BCUT2D eigenvalue weighted by atomic mass is 32.1. The van der Waals surface area contributed by atoms with Gasteiger partial charge in [0, 0.05) is 31.0 Å². The summed E-state index contributed by atoms with van der Waals surface area (Å²) in [5.41, 5.74) is 1.41. The highest BCUT2D eigenvalue weighted by molar-refractivity contribution is 7.20. The van der Waals surface area contributed by atoms with Crippen molar-refractivity contribution in [3.63, 3.8) is 0 Å². The van der Waals surface area contributed by atoms with Crippen molar-refractivity contribution in [2.45, 2.75) is 32.7 Å². The van der Waals surface area contributed by atoms with Crippen molar-refractivity contribution in [1.29, 1.82) is 0 Å². The first-order chi connectivity index (χ1) is 13.5. The first-order valence-electron chi connectivity index (χ1n) is 9.66. The van der Waals surface area contributed by atoms with Crippen molar-refractivity contribution in [1.82, 2.24) is 19.8 Å². The van der Waals surface area contributed by atoms with Crippen LogP contribution in [0.1, 0.15) is 37.0 Å². The SMILES string of the molecule is CC(C)[C@@H](NC(=O)c1ccc2nc(-n3cccc3)sc2c1)C(=O)N1CCCC1. The Labute approximate surface area is 168 Å². The first kappa shape index (κ1) is 18.7. The van der Waals surface area contributed by atoms with E-state index in [1.54, 1.807) is 6.07 Å². The third kappa shape index (κ3) is 3.67. The minimum absolute atomic E-state index is 0.0228. The number of likely N-dealkylation sites (tertiary alicyclic amines) is 1. The largest absolute Gasteiger partial charge is 0.341 e. The van der Waals surface area contributed by atoms with Crippen molar-refractivity contribution in [2.75, 3.05) is 13.1 Å². The molecule has 1 saturated heterocycles. The molecule has 146 valence electrons. The van der Waals surface area contributed by atoms with E-state index in [9.17, 15) is 9.59 Å². The zero-order valence-corrected chi connectivity index (χ0v) is 16.9. The lowest BCUT2D eigenvalue weighted by Gasteiger charge is -2.26. The molecular weight excluding hydrogens is 372 g/mol. The van der Waals surface area contributed by atoms with Crippen molar-refractivity contribution >= 4 is 33.4 Å². The van der Waals surface area contributed by atoms with Crippen LogP contribution in [0.25, 0.3) is 15.3 Å². The molecule has 1 aliphatic heterocycles. The van der Waals surface area contributed by atoms with Crippen molar-refractivity contribution in [3.05, 3.63) is 48.3 Å². The maximum Gasteiger partial charge on any atom is 0.251 e. The molecule has 0 spiro atoms. The molecule has 28 heavy (non-hydrogen) atoms. The molecule has 0 aliphatic carbocycles. The Kier molecular flexibility index (Phi) is 5.17. The quantitative estimate of drug-likeness (QED) is 0.718. The molecule has 1 fully saturated rings. The highest BCUT2D eigenvalue weighted by Crippen LogP contribution is 2.26. The molecule has 0 bridgehead atoms. The number of nitrogens with one attached hydrogen (secondary N) is 1. The van der Waals surface area contributed by atoms with Crippen LogP contribution in [0.15, 0.2) is 42.7 Å². The highest BCUT2D eigenvalue weighted by Gasteiger charge is 2.30. The summed E-state index contributed by atoms with van der Waals surface area (Å²) >= 11 is 1.54. The van der Waals surface area contributed by atoms with Gasteiger partial charge in [-0.1, -0.05) is 25.2 Å². The molecule has 3 aromatic rings. The second-order valence-corrected chi connectivity index (χ2v) is 8.51. The number of carbonyl (C=O) groups excluding carboxylic acids is 2. The Morgan fingerprint density at radius 1 is 1.14 bits per heavy atom. The normalized spacial score (nSPS) is 15.3. The molecular formula is C21H24N4O2S. The van der Waals surface area contributed by atoms with Gasteiger partial charge in [0.1, 0.15) is 6.04 Å². The molecule has 2 aromatic heterocycles. The number of benzene rings is 1. The maximum atomic E-state index is 12.9. The average molecular weight is 397 g/mol. The molecule has 0 unspecified atom stereocenters. The first-order valence-corrected chi connectivity index (χ1v) is 10.5. The van der Waals surface area contributed by atoms with E-state index in [1.807, 2.05) is 60.0 Å². The number of aromatic nitrogens is 2. The van der Waals surface area contributed by atoms with E-state index in [1.165, 1.54) is 11.3 Å². The van der Waals surface area contributed by atoms with Crippen molar-refractivity contribution in [3.8, 4) is 5.13 Å². The standard InChI is InChI=1S/C21H24N4O2S/c1-14(2)18(20(27)24-9-3-4-10-24)23-19(26)15-7-8-16-17(13-15)28-21(22-16)25-11-5-6-12-25/h5-8,11-14,18H,3-4,9-10H2,1-2H3,(H,23,26)/t18-/m1/s1. The Morgan fingerprint density at radius 3 is 2.54 bits per heavy atom. The van der Waals surface area contributed by atoms with Crippen molar-refractivity contribution in [2.24, 2.45) is 5.92 Å². The lowest BCUT2D eigenvalue weighted by molar-refractivity contribution is -0.133. The summed E-state index contributed by atoms with van der Waals surface area (Å²) in [5, 5.41) is 3.82. The monoisotopic (exact) mass is 396 g/mol. The number of hydrogen-bond acceptors (Lipinski definition) is 4. The molecule has 1 aromatic carbocycles. The number of thiazole rings is 1. The number of nitrogens with zero attached hydrogens (tertiary/aromatic N) is 3. The lowest BCUT2D eigenvalue weighted by atomic mass is 10.0. The predicted octanol–water partition coefficient (Wildman–Crippen LogP) is 3.46. The fourth-order valence-electron chi connectivity index (χ4n) is 3.50. The fourth-order valence-corrected chi connectivity index (χ4v) is 4.47. The molecule has 1 aliphatic rings. The summed E-state index contributed by atoms with van der Waals surface area (Å²) in [7, 11) is 0. The Morgan fingerprint density at radius 2 is 1.86 bits per heavy atom. The van der Waals surface area contributed by atoms with Gasteiger partial charge in [0.2, 0.25) is 5.91 Å². The Bertz CT molecular complexity index is 987. The average Bonchev–Trinajstić information content (AvgIpc) is 3.44. The smallest absolute Gasteiger partial charge is 0.251 e. The summed E-state index contributed by atoms with van der Waals surface area (Å²) in [6.45, 7) is 5.50. The van der Waals surface area contributed by atoms with Crippen LogP contribution in [0, 0.1) is 5.92 Å². The van der Waals surface area contributed by atoms with Crippen LogP contribution in [0.3, 0.4) is 0 Å². The van der Waals surface area contributed by atoms with E-state index < -0.39 is 6.04 Å². The van der Waals surface area contributed by atoms with E-state index in [-0.39, 0.29) is 17.7 Å². The van der Waals surface area contributed by atoms with Crippen molar-refractivity contribution < 1.29 is 9.59 Å². The molecule has 0 radical (unpaired) electrons. The van der Waals surface area contributed by atoms with Crippen LogP contribution in [-0.4, -0.2) is 45.4 Å². The third-order valence-corrected chi connectivity index (χ3v) is 6.13. The maximum absolute atomic E-state index is 12.9. The van der Waals surface area contributed by atoms with Gasteiger partial charge in [-0.3, -0.25) is 9.59 Å². The van der Waals surface area contributed by atoms with Gasteiger partial charge in [0.15, 0.2) is 5.13 Å². The van der Waals surface area contributed by atoms with Crippen LogP contribution in [0.5, 0.6) is 0 Å². The molecule has 1 atom stereocenters. The van der Waals surface area contributed by atoms with Gasteiger partial charge in [-0.2, -0.15) is 0 Å². The Balaban J connectivity index is 1.54. The van der Waals surface area contributed by atoms with Gasteiger partial charge in [0.05, 0.1) is 10.2 Å². The minimum Gasteiger partial charge on any atom is -0.341 e. The lowest BCUT2D eigenvalue weighted by Crippen LogP contribution is -2.50. The van der Waals surface area contributed by atoms with Crippen LogP contribution in [0.2, 0.25) is 0 Å². The molecule has 7 heteroatoms. The zero-order valence-electron chi connectivity index (χ0n) is 16.1. The van der Waals surface area contributed by atoms with Gasteiger partial charge < -0.3 is 14.8 Å². The summed E-state index contributed by atoms with van der Waals surface area (Å²) in [6.07, 6.45) is 5.97. The van der Waals surface area contributed by atoms with E-state index in [0.29, 0.717) is 5.56 Å². The van der Waals surface area contributed by atoms with Crippen LogP contribution < -0.4 is 5.32 Å². The molecule has 2 amide bonds. The molecule has 4 rings (SSSR count). The van der Waals surface area contributed by atoms with Gasteiger partial charge >= 0.3 is 0 Å². The van der Waals surface area contributed by atoms with Gasteiger partial charge in [-0.25, -0.2) is 4.98 Å². The second kappa shape index (κ2) is 7.75. The van der Waals surface area contributed by atoms with Gasteiger partial charge in [0.25, 0.3) is 5.91 Å². The van der Waals surface area contributed by atoms with E-state index >= 15 is 0 Å². The van der Waals surface area contributed by atoms with Gasteiger partial charge in [-0.05, 0) is 49.1 Å². The number of carbonyl (C=O) groups is 2. The molecule has 3 heterocycles. The summed E-state index contributed by atoms with van der Waals surface area (Å²) in [5.74, 6) is -0.164. The van der Waals surface area contributed by atoms with Gasteiger partial charge in [-0.15, -0.1) is 0 Å². The van der Waals surface area contributed by atoms with Crippen LogP contribution in [-0.2, 0) is 4.79 Å². The summed E-state index contributed by atoms with van der Waals surface area (Å²) in [6, 6.07) is 8.89. The minimum atomic E-state index is -0.502. The molecule has 0 saturated carbocycles.